The van der Waals surface area contributed by atoms with Crippen molar-refractivity contribution in [2.24, 2.45) is 22.1 Å². The highest BCUT2D eigenvalue weighted by molar-refractivity contribution is 7.15. The number of nitrogens with one attached hydrogen (secondary N) is 3. The van der Waals surface area contributed by atoms with Crippen molar-refractivity contribution in [3.8, 4) is 10.8 Å². The number of hydrogen-bond acceptors (Lipinski definition) is 13. The Bertz CT molecular complexity index is 2850. The molecule has 0 bridgehead atoms. The molecule has 0 saturated heterocycles. The minimum Gasteiger partial charge on any atom is -0.489 e. The summed E-state index contributed by atoms with van der Waals surface area (Å²) in [7, 11) is 1.93. The zero-order chi connectivity index (χ0) is 53.4. The summed E-state index contributed by atoms with van der Waals surface area (Å²) in [6.07, 6.45) is 1.60. The van der Waals surface area contributed by atoms with Crippen molar-refractivity contribution < 1.29 is 24.2 Å². The summed E-state index contributed by atoms with van der Waals surface area (Å²) in [4.78, 5) is 50.2. The van der Waals surface area contributed by atoms with E-state index < -0.39 is 28.1 Å². The van der Waals surface area contributed by atoms with Gasteiger partial charge in [0.15, 0.2) is 17.4 Å². The number of aliphatic hydroxyl groups is 1. The van der Waals surface area contributed by atoms with Crippen molar-refractivity contribution in [1.29, 1.82) is 0 Å². The zero-order valence-electron chi connectivity index (χ0n) is 45.0. The van der Waals surface area contributed by atoms with Crippen LogP contribution in [0.2, 0.25) is 5.02 Å². The number of nitrogens with zero attached hydrogens (tertiary/aromatic N) is 5. The normalized spacial score (nSPS) is 18.2. The SMILES string of the molecule is Cc1sc2c(c1C)C(c1ccc(Cl)cc1)=N[C@@H](CC(=O)C(C)(C)NCCC(C)(N)CC(C)(C)C(=O)C(C)(C)NCc1ccc(COc3ccc4c(c3)N(C)C(C(C)C)C(=O)N[C@H](CO)C4)cc1)c1nnc(C)n1-2. The Labute approximate surface area is 440 Å². The molecule has 2 aliphatic rings. The number of carbonyl (C=O) groups is 3. The van der Waals surface area contributed by atoms with Crippen LogP contribution in [0.3, 0.4) is 0 Å². The number of aliphatic imine (C=N–C) groups is 1. The summed E-state index contributed by atoms with van der Waals surface area (Å²) >= 11 is 7.98. The maximum absolute atomic E-state index is 14.3. The van der Waals surface area contributed by atoms with Crippen LogP contribution < -0.4 is 31.3 Å². The summed E-state index contributed by atoms with van der Waals surface area (Å²) in [5.41, 5.74) is 11.6. The summed E-state index contributed by atoms with van der Waals surface area (Å²) in [5, 5.41) is 30.6. The monoisotopic (exact) mass is 1030 g/mol. The van der Waals surface area contributed by atoms with Gasteiger partial charge in [0.1, 0.15) is 35.3 Å². The molecule has 3 aromatic carbocycles. The van der Waals surface area contributed by atoms with Crippen molar-refractivity contribution in [3.63, 3.8) is 0 Å². The van der Waals surface area contributed by atoms with E-state index in [2.05, 4.69) is 44.6 Å². The second kappa shape index (κ2) is 21.9. The second-order valence-corrected chi connectivity index (χ2v) is 24.3. The van der Waals surface area contributed by atoms with Gasteiger partial charge in [-0.15, -0.1) is 21.5 Å². The van der Waals surface area contributed by atoms with Crippen LogP contribution >= 0.6 is 22.9 Å². The lowest BCUT2D eigenvalue weighted by Gasteiger charge is -2.39. The number of carbonyl (C=O) groups excluding carboxylic acids is 3. The highest BCUT2D eigenvalue weighted by Gasteiger charge is 2.43. The number of rotatable bonds is 20. The van der Waals surface area contributed by atoms with Gasteiger partial charge in [-0.1, -0.05) is 81.8 Å². The molecule has 1 amide bonds. The number of anilines is 1. The fraction of sp³-hybridized carbons (Fsp3) is 0.509. The molecule has 2 aromatic heterocycles. The van der Waals surface area contributed by atoms with Crippen LogP contribution in [0.25, 0.3) is 5.00 Å². The van der Waals surface area contributed by atoms with Crippen LogP contribution in [-0.2, 0) is 34.0 Å². The predicted molar refractivity (Wildman–Crippen MR) is 293 cm³/mol. The third-order valence-corrected chi connectivity index (χ3v) is 16.1. The Kier molecular flexibility index (Phi) is 16.6. The second-order valence-electron chi connectivity index (χ2n) is 22.6. The van der Waals surface area contributed by atoms with E-state index in [1.807, 2.05) is 148 Å². The highest BCUT2D eigenvalue weighted by Crippen LogP contribution is 2.41. The summed E-state index contributed by atoms with van der Waals surface area (Å²) in [6.45, 7) is 24.9. The lowest BCUT2D eigenvalue weighted by Crippen LogP contribution is -2.55. The van der Waals surface area contributed by atoms with Crippen LogP contribution in [0.15, 0.2) is 71.7 Å². The van der Waals surface area contributed by atoms with Gasteiger partial charge in [-0.2, -0.15) is 0 Å². The Morgan fingerprint density at radius 1 is 0.945 bits per heavy atom. The first-order valence-electron chi connectivity index (χ1n) is 25.4. The number of benzene rings is 3. The Morgan fingerprint density at radius 3 is 2.27 bits per heavy atom. The van der Waals surface area contributed by atoms with Gasteiger partial charge < -0.3 is 36.4 Å². The summed E-state index contributed by atoms with van der Waals surface area (Å²) in [6, 6.07) is 20.4. The molecule has 392 valence electrons. The van der Waals surface area contributed by atoms with E-state index in [0.29, 0.717) is 55.6 Å². The van der Waals surface area contributed by atoms with Gasteiger partial charge in [-0.3, -0.25) is 23.9 Å². The van der Waals surface area contributed by atoms with Gasteiger partial charge in [0, 0.05) is 63.7 Å². The Balaban J connectivity index is 0.925. The van der Waals surface area contributed by atoms with Gasteiger partial charge in [0.2, 0.25) is 5.91 Å². The number of ketones is 2. The number of amides is 1. The fourth-order valence-corrected chi connectivity index (χ4v) is 11.9. The minimum atomic E-state index is -0.915. The number of thiophene rings is 1. The smallest absolute Gasteiger partial charge is 0.243 e. The zero-order valence-corrected chi connectivity index (χ0v) is 46.6. The lowest BCUT2D eigenvalue weighted by atomic mass is 9.70. The Hall–Kier alpha value is -5.29. The molecule has 7 rings (SSSR count). The average molecular weight is 1030 g/mol. The predicted octanol–water partition coefficient (Wildman–Crippen LogP) is 8.86. The first-order chi connectivity index (χ1) is 34.2. The van der Waals surface area contributed by atoms with Crippen molar-refractivity contribution in [3.05, 3.63) is 122 Å². The van der Waals surface area contributed by atoms with Gasteiger partial charge in [0.05, 0.1) is 29.4 Å². The topological polar surface area (TPSA) is 189 Å². The van der Waals surface area contributed by atoms with Crippen molar-refractivity contribution in [2.45, 2.75) is 157 Å². The van der Waals surface area contributed by atoms with E-state index in [1.165, 1.54) is 4.88 Å². The number of aromatic nitrogens is 3. The third kappa shape index (κ3) is 12.5. The first kappa shape index (κ1) is 55.5. The number of fused-ring (bicyclic) bond motifs is 4. The molecule has 2 unspecified atom stereocenters. The number of halogens is 1. The average Bonchev–Trinajstić information content (AvgIpc) is 3.80. The van der Waals surface area contributed by atoms with E-state index in [9.17, 15) is 19.5 Å². The van der Waals surface area contributed by atoms with Crippen LogP contribution in [0.1, 0.15) is 138 Å². The number of hydrogen-bond donors (Lipinski definition) is 5. The molecule has 4 atom stereocenters. The molecular formula is C57H76ClN9O5S. The van der Waals surface area contributed by atoms with E-state index in [1.54, 1.807) is 11.3 Å². The van der Waals surface area contributed by atoms with Gasteiger partial charge in [-0.05, 0) is 128 Å². The molecule has 0 aliphatic carbocycles. The molecule has 0 spiro atoms. The molecule has 0 radical (unpaired) electrons. The maximum atomic E-state index is 14.3. The standard InChI is InChI=1S/C57H76ClN9O5S/c1-33(2)49-51(70)62-42(30-68)26-40-20-23-43(27-45(40)66(49)13)72-31-38-16-14-37(15-17-38)29-61-56(10,11)53(71)54(6,7)32-57(12,59)24-25-60-55(8,9)46(69)28-44-50-65-64-36(5)67(50)52-47(34(3)35(4)73-52)48(63-44)39-18-21-41(58)22-19-39/h14-23,27,33,42,44,49,60-61,68H,24-26,28-32,59H2,1-13H3,(H,62,70)/t42-,44-,49?,57?/m0/s1. The van der Waals surface area contributed by atoms with Crippen molar-refractivity contribution >= 4 is 51.8 Å². The molecule has 0 fully saturated rings. The van der Waals surface area contributed by atoms with Crippen molar-refractivity contribution in [1.82, 2.24) is 30.7 Å². The number of nitrogens with two attached hydrogens (primary N) is 1. The molecule has 0 saturated carbocycles. The van der Waals surface area contributed by atoms with Crippen LogP contribution in [0.5, 0.6) is 5.75 Å². The van der Waals surface area contributed by atoms with Gasteiger partial charge >= 0.3 is 0 Å². The number of likely N-dealkylation sites (N-methyl/N-ethyl adjacent to an activating group) is 1. The highest BCUT2D eigenvalue weighted by atomic mass is 35.5. The molecule has 6 N–H and O–H groups in total. The van der Waals surface area contributed by atoms with E-state index in [0.717, 1.165) is 55.6 Å². The maximum Gasteiger partial charge on any atom is 0.243 e. The number of ether oxygens (including phenoxy) is 1. The van der Waals surface area contributed by atoms with E-state index in [-0.39, 0.29) is 48.5 Å². The molecule has 16 heteroatoms. The van der Waals surface area contributed by atoms with Crippen LogP contribution in [-0.4, -0.2) is 92.0 Å². The van der Waals surface area contributed by atoms with E-state index in [4.69, 9.17) is 27.1 Å². The van der Waals surface area contributed by atoms with Crippen molar-refractivity contribution in [2.75, 3.05) is 25.1 Å². The lowest BCUT2D eigenvalue weighted by molar-refractivity contribution is -0.134. The fourth-order valence-electron chi connectivity index (χ4n) is 10.6. The number of aliphatic hydroxyl groups excluding tert-OH is 1. The van der Waals surface area contributed by atoms with Gasteiger partial charge in [-0.25, -0.2) is 0 Å². The van der Waals surface area contributed by atoms with Crippen LogP contribution in [0.4, 0.5) is 5.69 Å². The Morgan fingerprint density at radius 2 is 1.62 bits per heavy atom. The quantitative estimate of drug-likeness (QED) is 0.0501. The third-order valence-electron chi connectivity index (χ3n) is 14.7. The molecular weight excluding hydrogens is 958 g/mol. The molecule has 73 heavy (non-hydrogen) atoms. The van der Waals surface area contributed by atoms with Gasteiger partial charge in [0.25, 0.3) is 0 Å². The number of aryl methyl sites for hydroxylation is 2. The molecule has 14 nitrogen and oxygen atoms in total. The molecule has 2 aliphatic heterocycles. The largest absolute Gasteiger partial charge is 0.489 e. The molecule has 4 heterocycles. The van der Waals surface area contributed by atoms with Crippen LogP contribution in [0, 0.1) is 32.1 Å². The summed E-state index contributed by atoms with van der Waals surface area (Å²) < 4.78 is 8.32. The minimum absolute atomic E-state index is 0.0201. The number of Topliss-reactive ketones (excluding diaryl/α,β-unsaturated/α-hetero) is 2. The first-order valence-corrected chi connectivity index (χ1v) is 26.6. The molecule has 5 aromatic rings. The van der Waals surface area contributed by atoms with E-state index >= 15 is 0 Å². The summed E-state index contributed by atoms with van der Waals surface area (Å²) in [5.74, 6) is 2.06.